The summed E-state index contributed by atoms with van der Waals surface area (Å²) in [6.45, 7) is 1.83. The Morgan fingerprint density at radius 3 is 2.65 bits per heavy atom. The second kappa shape index (κ2) is 7.56. The molecule has 6 nitrogen and oxygen atoms in total. The van der Waals surface area contributed by atoms with Gasteiger partial charge in [0.05, 0.1) is 18.8 Å². The average Bonchev–Trinajstić information content (AvgIpc) is 2.44. The number of carbonyl (C=O) groups is 2. The first-order valence-corrected chi connectivity index (χ1v) is 6.30. The molecular formula is C13H16N2O4S. The van der Waals surface area contributed by atoms with E-state index in [-0.39, 0.29) is 22.8 Å². The van der Waals surface area contributed by atoms with Gasteiger partial charge in [-0.15, -0.1) is 0 Å². The molecule has 0 saturated carbocycles. The molecule has 7 heteroatoms. The minimum Gasteiger partial charge on any atom is -0.465 e. The van der Waals surface area contributed by atoms with Crippen LogP contribution in [-0.4, -0.2) is 41.9 Å². The number of nitrogens with one attached hydrogen (secondary N) is 2. The SMILES string of the molecule is COC(=O)c1cccc(C(=O)NC(=S)NCC(C)O)c1. The van der Waals surface area contributed by atoms with E-state index < -0.39 is 18.0 Å². The summed E-state index contributed by atoms with van der Waals surface area (Å²) in [5.41, 5.74) is 0.567. The van der Waals surface area contributed by atoms with E-state index >= 15 is 0 Å². The van der Waals surface area contributed by atoms with Crippen LogP contribution in [-0.2, 0) is 4.74 Å². The predicted molar refractivity (Wildman–Crippen MR) is 77.5 cm³/mol. The highest BCUT2D eigenvalue weighted by molar-refractivity contribution is 7.80. The number of rotatable bonds is 4. The third kappa shape index (κ3) is 4.94. The molecule has 0 aliphatic heterocycles. The normalized spacial score (nSPS) is 11.3. The first-order valence-electron chi connectivity index (χ1n) is 5.89. The lowest BCUT2D eigenvalue weighted by Crippen LogP contribution is -2.41. The van der Waals surface area contributed by atoms with Gasteiger partial charge in [0, 0.05) is 12.1 Å². The minimum atomic E-state index is -0.576. The third-order valence-electron chi connectivity index (χ3n) is 2.33. The minimum absolute atomic E-state index is 0.111. The van der Waals surface area contributed by atoms with Crippen molar-refractivity contribution in [2.75, 3.05) is 13.7 Å². The maximum absolute atomic E-state index is 11.9. The second-order valence-corrected chi connectivity index (χ2v) is 4.49. The molecule has 20 heavy (non-hydrogen) atoms. The molecule has 0 aromatic heterocycles. The Hall–Kier alpha value is -1.99. The van der Waals surface area contributed by atoms with E-state index in [9.17, 15) is 9.59 Å². The number of amides is 1. The van der Waals surface area contributed by atoms with Gasteiger partial charge in [-0.2, -0.15) is 0 Å². The van der Waals surface area contributed by atoms with Crippen LogP contribution in [0.1, 0.15) is 27.6 Å². The van der Waals surface area contributed by atoms with Crippen molar-refractivity contribution in [2.24, 2.45) is 0 Å². The van der Waals surface area contributed by atoms with Crippen molar-refractivity contribution in [1.29, 1.82) is 0 Å². The van der Waals surface area contributed by atoms with Gasteiger partial charge in [0.1, 0.15) is 0 Å². The Kier molecular flexibility index (Phi) is 6.08. The number of hydrogen-bond acceptors (Lipinski definition) is 5. The Balaban J connectivity index is 2.68. The van der Waals surface area contributed by atoms with Crippen molar-refractivity contribution in [2.45, 2.75) is 13.0 Å². The summed E-state index contributed by atoms with van der Waals surface area (Å²) >= 11 is 4.91. The van der Waals surface area contributed by atoms with E-state index in [2.05, 4.69) is 15.4 Å². The van der Waals surface area contributed by atoms with Gasteiger partial charge >= 0.3 is 5.97 Å². The fourth-order valence-electron chi connectivity index (χ4n) is 1.37. The zero-order valence-corrected chi connectivity index (χ0v) is 12.0. The van der Waals surface area contributed by atoms with Gasteiger partial charge in [0.25, 0.3) is 5.91 Å². The predicted octanol–water partition coefficient (Wildman–Crippen LogP) is 0.458. The standard InChI is InChI=1S/C13H16N2O4S/c1-8(16)7-14-13(20)15-11(17)9-4-3-5-10(6-9)12(18)19-2/h3-6,8,16H,7H2,1-2H3,(H2,14,15,17,20). The van der Waals surface area contributed by atoms with Crippen molar-refractivity contribution >= 4 is 29.2 Å². The van der Waals surface area contributed by atoms with Gasteiger partial charge in [0.2, 0.25) is 0 Å². The lowest BCUT2D eigenvalue weighted by Gasteiger charge is -2.11. The quantitative estimate of drug-likeness (QED) is 0.552. The molecule has 1 amide bonds. The Morgan fingerprint density at radius 2 is 2.05 bits per heavy atom. The zero-order chi connectivity index (χ0) is 15.1. The maximum atomic E-state index is 11.9. The van der Waals surface area contributed by atoms with Crippen LogP contribution < -0.4 is 10.6 Å². The van der Waals surface area contributed by atoms with Crippen molar-refractivity contribution in [3.63, 3.8) is 0 Å². The van der Waals surface area contributed by atoms with Crippen molar-refractivity contribution in [1.82, 2.24) is 10.6 Å². The summed E-state index contributed by atoms with van der Waals surface area (Å²) in [6.07, 6.45) is -0.576. The zero-order valence-electron chi connectivity index (χ0n) is 11.2. The number of hydrogen-bond donors (Lipinski definition) is 3. The molecule has 0 aliphatic rings. The molecule has 0 fully saturated rings. The summed E-state index contributed by atoms with van der Waals surface area (Å²) in [5.74, 6) is -0.965. The van der Waals surface area contributed by atoms with Gasteiger partial charge in [-0.25, -0.2) is 4.79 Å². The molecule has 0 heterocycles. The van der Waals surface area contributed by atoms with E-state index in [4.69, 9.17) is 17.3 Å². The molecule has 0 bridgehead atoms. The van der Waals surface area contributed by atoms with Crippen molar-refractivity contribution in [3.8, 4) is 0 Å². The molecule has 0 aliphatic carbocycles. The number of benzene rings is 1. The molecule has 0 spiro atoms. The molecule has 1 aromatic carbocycles. The summed E-state index contributed by atoms with van der Waals surface area (Å²) in [7, 11) is 1.27. The van der Waals surface area contributed by atoms with E-state index in [0.29, 0.717) is 0 Å². The van der Waals surface area contributed by atoms with Crippen LogP contribution in [0.5, 0.6) is 0 Å². The molecule has 3 N–H and O–H groups in total. The van der Waals surface area contributed by atoms with Crippen LogP contribution in [0.2, 0.25) is 0 Å². The maximum Gasteiger partial charge on any atom is 0.337 e. The fraction of sp³-hybridized carbons (Fsp3) is 0.308. The highest BCUT2D eigenvalue weighted by atomic mass is 32.1. The topological polar surface area (TPSA) is 87.7 Å². The van der Waals surface area contributed by atoms with Gasteiger partial charge in [-0.05, 0) is 37.3 Å². The lowest BCUT2D eigenvalue weighted by atomic mass is 10.1. The van der Waals surface area contributed by atoms with Crippen LogP contribution in [0, 0.1) is 0 Å². The first-order chi connectivity index (χ1) is 9.43. The van der Waals surface area contributed by atoms with E-state index in [1.807, 2.05) is 0 Å². The highest BCUT2D eigenvalue weighted by Crippen LogP contribution is 2.06. The summed E-state index contributed by atoms with van der Waals surface area (Å²) < 4.78 is 4.58. The summed E-state index contributed by atoms with van der Waals surface area (Å²) in [5, 5.41) is 14.3. The van der Waals surface area contributed by atoms with Crippen LogP contribution in [0.4, 0.5) is 0 Å². The number of esters is 1. The monoisotopic (exact) mass is 296 g/mol. The van der Waals surface area contributed by atoms with Crippen molar-refractivity contribution in [3.05, 3.63) is 35.4 Å². The number of aliphatic hydroxyl groups excluding tert-OH is 1. The van der Waals surface area contributed by atoms with E-state index in [1.54, 1.807) is 25.1 Å². The Morgan fingerprint density at radius 1 is 1.40 bits per heavy atom. The first kappa shape index (κ1) is 16.1. The van der Waals surface area contributed by atoms with Gasteiger partial charge in [-0.1, -0.05) is 6.07 Å². The second-order valence-electron chi connectivity index (χ2n) is 4.09. The fourth-order valence-corrected chi connectivity index (χ4v) is 1.54. The van der Waals surface area contributed by atoms with Gasteiger partial charge in [0.15, 0.2) is 5.11 Å². The van der Waals surface area contributed by atoms with Gasteiger partial charge < -0.3 is 15.2 Å². The smallest absolute Gasteiger partial charge is 0.337 e. The third-order valence-corrected chi connectivity index (χ3v) is 2.58. The molecule has 0 saturated heterocycles. The number of carbonyl (C=O) groups excluding carboxylic acids is 2. The Labute approximate surface area is 122 Å². The average molecular weight is 296 g/mol. The molecule has 108 valence electrons. The van der Waals surface area contributed by atoms with E-state index in [1.165, 1.54) is 13.2 Å². The lowest BCUT2D eigenvalue weighted by molar-refractivity contribution is 0.0600. The molecule has 1 atom stereocenters. The number of aliphatic hydroxyl groups is 1. The Bertz CT molecular complexity index is 517. The molecule has 1 aromatic rings. The van der Waals surface area contributed by atoms with E-state index in [0.717, 1.165) is 0 Å². The van der Waals surface area contributed by atoms with Crippen LogP contribution in [0.3, 0.4) is 0 Å². The van der Waals surface area contributed by atoms with Crippen LogP contribution in [0.15, 0.2) is 24.3 Å². The van der Waals surface area contributed by atoms with Crippen LogP contribution in [0.25, 0.3) is 0 Å². The van der Waals surface area contributed by atoms with Gasteiger partial charge in [-0.3, -0.25) is 10.1 Å². The molecule has 1 rings (SSSR count). The largest absolute Gasteiger partial charge is 0.465 e. The number of methoxy groups -OCH3 is 1. The molecule has 0 radical (unpaired) electrons. The van der Waals surface area contributed by atoms with Crippen LogP contribution >= 0.6 is 12.2 Å². The molecule has 1 unspecified atom stereocenters. The number of thiocarbonyl (C=S) groups is 1. The highest BCUT2D eigenvalue weighted by Gasteiger charge is 2.11. The molecular weight excluding hydrogens is 280 g/mol. The number of ether oxygens (including phenoxy) is 1. The summed E-state index contributed by atoms with van der Waals surface area (Å²) in [6, 6.07) is 6.09. The summed E-state index contributed by atoms with van der Waals surface area (Å²) in [4.78, 5) is 23.3. The van der Waals surface area contributed by atoms with Crippen molar-refractivity contribution < 1.29 is 19.4 Å².